The lowest BCUT2D eigenvalue weighted by molar-refractivity contribution is -0.991. The van der Waals surface area contributed by atoms with E-state index in [0.717, 1.165) is 0 Å². The van der Waals surface area contributed by atoms with Gasteiger partial charge in [-0.1, -0.05) is 0 Å². The Balaban J connectivity index is 2.84. The number of nitrogens with zero attached hydrogens (tertiary/aromatic N) is 2. The van der Waals surface area contributed by atoms with Crippen LogP contribution in [0.1, 0.15) is 24.2 Å². The average Bonchev–Trinajstić information content (AvgIpc) is 2.63. The highest BCUT2D eigenvalue weighted by Gasteiger charge is 2.21. The van der Waals surface area contributed by atoms with Crippen LogP contribution < -0.4 is 15.4 Å². The molecule has 27 heavy (non-hydrogen) atoms. The lowest BCUT2D eigenvalue weighted by Gasteiger charge is -2.21. The molecule has 3 N–H and O–H groups in total. The number of likely N-dealkylation sites (N-methyl/N-ethyl adjacent to an activating group) is 2. The van der Waals surface area contributed by atoms with Crippen LogP contribution in [-0.4, -0.2) is 68.2 Å². The zero-order valence-corrected chi connectivity index (χ0v) is 15.9. The highest BCUT2D eigenvalue weighted by Crippen LogP contribution is 2.22. The third kappa shape index (κ3) is 6.51. The summed E-state index contributed by atoms with van der Waals surface area (Å²) in [4.78, 5) is 39.1. The molecular formula is C17H26N4O6. The van der Waals surface area contributed by atoms with Crippen molar-refractivity contribution in [3.05, 3.63) is 29.0 Å². The predicted octanol–water partition coefficient (Wildman–Crippen LogP) is -0.703. The summed E-state index contributed by atoms with van der Waals surface area (Å²) in [5.41, 5.74) is 0.442. The van der Waals surface area contributed by atoms with Gasteiger partial charge in [0.15, 0.2) is 12.3 Å². The van der Waals surface area contributed by atoms with Gasteiger partial charge in [0.2, 0.25) is 5.91 Å². The van der Waals surface area contributed by atoms with Crippen molar-refractivity contribution in [2.45, 2.75) is 13.8 Å². The van der Waals surface area contributed by atoms with E-state index in [0.29, 0.717) is 12.2 Å². The molecule has 2 amide bonds. The Morgan fingerprint density at radius 1 is 1.26 bits per heavy atom. The van der Waals surface area contributed by atoms with Crippen molar-refractivity contribution in [1.82, 2.24) is 10.2 Å². The SMILES string of the molecule is CCNC(=O)CN(CC)C(=O)COC(=O)c1cc([NH+]([O-])O)ccc1N(C)C. The van der Waals surface area contributed by atoms with E-state index in [9.17, 15) is 19.6 Å². The third-order valence-corrected chi connectivity index (χ3v) is 3.71. The molecule has 10 nitrogen and oxygen atoms in total. The van der Waals surface area contributed by atoms with Crippen LogP contribution in [0.3, 0.4) is 0 Å². The Kier molecular flexibility index (Phi) is 8.66. The molecule has 0 radical (unpaired) electrons. The number of quaternary nitrogens is 1. The number of carbonyl (C=O) groups excluding carboxylic acids is 3. The van der Waals surface area contributed by atoms with Gasteiger partial charge >= 0.3 is 5.97 Å². The molecule has 0 bridgehead atoms. The molecule has 0 aliphatic carbocycles. The maximum atomic E-state index is 12.4. The molecule has 0 fully saturated rings. The summed E-state index contributed by atoms with van der Waals surface area (Å²) in [6.45, 7) is 3.54. The monoisotopic (exact) mass is 382 g/mol. The molecule has 0 spiro atoms. The van der Waals surface area contributed by atoms with Crippen LogP contribution in [0.15, 0.2) is 18.2 Å². The van der Waals surface area contributed by atoms with Gasteiger partial charge in [-0.25, -0.2) is 10.0 Å². The van der Waals surface area contributed by atoms with Crippen LogP contribution in [0.4, 0.5) is 11.4 Å². The van der Waals surface area contributed by atoms with Crippen molar-refractivity contribution in [2.75, 3.05) is 45.2 Å². The first-order valence-electron chi connectivity index (χ1n) is 8.47. The molecule has 0 aliphatic heterocycles. The van der Waals surface area contributed by atoms with Crippen molar-refractivity contribution < 1.29 is 29.6 Å². The molecule has 0 aromatic heterocycles. The van der Waals surface area contributed by atoms with E-state index in [1.165, 1.54) is 23.1 Å². The average molecular weight is 382 g/mol. The fraction of sp³-hybridized carbons (Fsp3) is 0.471. The number of esters is 1. The minimum Gasteiger partial charge on any atom is -0.595 e. The van der Waals surface area contributed by atoms with E-state index in [-0.39, 0.29) is 30.2 Å². The highest BCUT2D eigenvalue weighted by molar-refractivity contribution is 5.97. The first kappa shape index (κ1) is 22.4. The van der Waals surface area contributed by atoms with Gasteiger partial charge in [0, 0.05) is 39.3 Å². The number of hydrogen-bond acceptors (Lipinski definition) is 7. The van der Waals surface area contributed by atoms with Gasteiger partial charge in [0.1, 0.15) is 0 Å². The fourth-order valence-electron chi connectivity index (χ4n) is 2.32. The summed E-state index contributed by atoms with van der Waals surface area (Å²) in [5, 5.41) is 21.7. The largest absolute Gasteiger partial charge is 0.595 e. The molecule has 1 rings (SSSR count). The molecule has 1 atom stereocenters. The lowest BCUT2D eigenvalue weighted by Crippen LogP contribution is -2.99. The Bertz CT molecular complexity index is 677. The smallest absolute Gasteiger partial charge is 0.340 e. The molecule has 0 saturated heterocycles. The molecule has 1 unspecified atom stereocenters. The molecule has 0 aliphatic rings. The summed E-state index contributed by atoms with van der Waals surface area (Å²) >= 11 is 0. The van der Waals surface area contributed by atoms with Crippen LogP contribution in [-0.2, 0) is 14.3 Å². The van der Waals surface area contributed by atoms with Gasteiger partial charge < -0.3 is 25.1 Å². The third-order valence-electron chi connectivity index (χ3n) is 3.71. The molecule has 1 aromatic rings. The minimum atomic E-state index is -1.18. The van der Waals surface area contributed by atoms with Crippen LogP contribution in [0.5, 0.6) is 0 Å². The van der Waals surface area contributed by atoms with Crippen molar-refractivity contribution in [3.63, 3.8) is 0 Å². The number of benzene rings is 1. The Morgan fingerprint density at radius 3 is 2.44 bits per heavy atom. The summed E-state index contributed by atoms with van der Waals surface area (Å²) in [6.07, 6.45) is 0. The predicted molar refractivity (Wildman–Crippen MR) is 97.8 cm³/mol. The van der Waals surface area contributed by atoms with E-state index >= 15 is 0 Å². The first-order chi connectivity index (χ1) is 12.7. The number of amides is 2. The van der Waals surface area contributed by atoms with Crippen molar-refractivity contribution in [1.29, 1.82) is 0 Å². The standard InChI is InChI=1S/C17H26N4O6/c1-5-18-15(22)10-20(6-2)16(23)11-27-17(24)13-9-12(21(25)26)7-8-14(13)19(3)4/h7-9,21,25H,5-6,10-11H2,1-4H3,(H,18,22). The van der Waals surface area contributed by atoms with Crippen LogP contribution >= 0.6 is 0 Å². The second-order valence-corrected chi connectivity index (χ2v) is 5.87. The van der Waals surface area contributed by atoms with Crippen LogP contribution in [0.25, 0.3) is 0 Å². The van der Waals surface area contributed by atoms with Crippen LogP contribution in [0, 0.1) is 5.21 Å². The Hall–Kier alpha value is -2.69. The van der Waals surface area contributed by atoms with E-state index in [2.05, 4.69) is 5.32 Å². The number of ether oxygens (including phenoxy) is 1. The molecule has 1 aromatic carbocycles. The quantitative estimate of drug-likeness (QED) is 0.381. The zero-order chi connectivity index (χ0) is 20.6. The maximum absolute atomic E-state index is 12.4. The van der Waals surface area contributed by atoms with E-state index in [1.807, 2.05) is 0 Å². The Morgan fingerprint density at radius 2 is 1.93 bits per heavy atom. The van der Waals surface area contributed by atoms with Crippen molar-refractivity contribution >= 4 is 29.2 Å². The second-order valence-electron chi connectivity index (χ2n) is 5.87. The second kappa shape index (κ2) is 10.5. The van der Waals surface area contributed by atoms with Crippen LogP contribution in [0.2, 0.25) is 0 Å². The van der Waals surface area contributed by atoms with E-state index < -0.39 is 23.7 Å². The molecule has 0 heterocycles. The number of hydrogen-bond donors (Lipinski definition) is 3. The summed E-state index contributed by atoms with van der Waals surface area (Å²) in [7, 11) is 3.39. The van der Waals surface area contributed by atoms with Gasteiger partial charge in [-0.05, 0) is 19.9 Å². The Labute approximate surface area is 157 Å². The summed E-state index contributed by atoms with van der Waals surface area (Å²) < 4.78 is 5.06. The van der Waals surface area contributed by atoms with E-state index in [4.69, 9.17) is 9.94 Å². The number of anilines is 1. The zero-order valence-electron chi connectivity index (χ0n) is 15.9. The van der Waals surface area contributed by atoms with Crippen molar-refractivity contribution in [3.8, 4) is 0 Å². The van der Waals surface area contributed by atoms with Gasteiger partial charge in [-0.15, -0.1) is 0 Å². The lowest BCUT2D eigenvalue weighted by atomic mass is 10.1. The van der Waals surface area contributed by atoms with Gasteiger partial charge in [0.05, 0.1) is 17.8 Å². The van der Waals surface area contributed by atoms with Gasteiger partial charge in [-0.3, -0.25) is 9.59 Å². The first-order valence-corrected chi connectivity index (χ1v) is 8.47. The summed E-state index contributed by atoms with van der Waals surface area (Å²) in [5.74, 6) is -1.63. The molecule has 0 saturated carbocycles. The number of rotatable bonds is 9. The minimum absolute atomic E-state index is 0.0412. The summed E-state index contributed by atoms with van der Waals surface area (Å²) in [6, 6.07) is 4.08. The molecular weight excluding hydrogens is 356 g/mol. The topological polar surface area (TPSA) is 127 Å². The van der Waals surface area contributed by atoms with E-state index in [1.54, 1.807) is 32.8 Å². The fourth-order valence-corrected chi connectivity index (χ4v) is 2.32. The molecule has 150 valence electrons. The number of carbonyl (C=O) groups is 3. The normalized spacial score (nSPS) is 11.5. The number of nitrogens with one attached hydrogen (secondary N) is 2. The maximum Gasteiger partial charge on any atom is 0.340 e. The van der Waals surface area contributed by atoms with Crippen molar-refractivity contribution in [2.24, 2.45) is 0 Å². The molecule has 10 heteroatoms. The van der Waals surface area contributed by atoms with Gasteiger partial charge in [0.25, 0.3) is 5.91 Å². The van der Waals surface area contributed by atoms with Gasteiger partial charge in [-0.2, -0.15) is 5.23 Å². The highest BCUT2D eigenvalue weighted by atomic mass is 16.8.